The molecular formula is C17H23NO2. The third kappa shape index (κ3) is 3.04. The lowest BCUT2D eigenvalue weighted by Gasteiger charge is -2.33. The van der Waals surface area contributed by atoms with E-state index in [0.717, 1.165) is 38.5 Å². The summed E-state index contributed by atoms with van der Waals surface area (Å²) in [4.78, 5) is 11.1. The zero-order chi connectivity index (χ0) is 13.9. The summed E-state index contributed by atoms with van der Waals surface area (Å²) >= 11 is 0. The van der Waals surface area contributed by atoms with Gasteiger partial charge in [-0.15, -0.1) is 0 Å². The molecule has 108 valence electrons. The smallest absolute Gasteiger partial charge is 0.306 e. The number of aliphatic carboxylic acids is 1. The first kappa shape index (κ1) is 13.6. The largest absolute Gasteiger partial charge is 0.481 e. The summed E-state index contributed by atoms with van der Waals surface area (Å²) in [5.74, 6) is -0.761. The molecule has 3 nitrogen and oxygen atoms in total. The SMILES string of the molecule is O=C(O)C1CCCC(NC2CCc3ccccc3C2)C1. The number of hydrogen-bond acceptors (Lipinski definition) is 2. The van der Waals surface area contributed by atoms with Gasteiger partial charge in [0.15, 0.2) is 0 Å². The van der Waals surface area contributed by atoms with Crippen LogP contribution < -0.4 is 5.32 Å². The summed E-state index contributed by atoms with van der Waals surface area (Å²) in [7, 11) is 0. The highest BCUT2D eigenvalue weighted by Crippen LogP contribution is 2.27. The topological polar surface area (TPSA) is 49.3 Å². The monoisotopic (exact) mass is 273 g/mol. The van der Waals surface area contributed by atoms with E-state index in [9.17, 15) is 4.79 Å². The van der Waals surface area contributed by atoms with E-state index in [1.165, 1.54) is 17.5 Å². The number of benzene rings is 1. The fourth-order valence-corrected chi connectivity index (χ4v) is 3.74. The first-order valence-corrected chi connectivity index (χ1v) is 7.78. The molecule has 3 rings (SSSR count). The minimum Gasteiger partial charge on any atom is -0.481 e. The molecule has 0 radical (unpaired) electrons. The Morgan fingerprint density at radius 2 is 1.90 bits per heavy atom. The quantitative estimate of drug-likeness (QED) is 0.890. The summed E-state index contributed by atoms with van der Waals surface area (Å²) in [6, 6.07) is 9.59. The summed E-state index contributed by atoms with van der Waals surface area (Å²) in [5, 5.41) is 12.9. The number of rotatable bonds is 3. The minimum absolute atomic E-state index is 0.142. The Bertz CT molecular complexity index is 486. The maximum atomic E-state index is 11.1. The molecule has 3 atom stereocenters. The molecule has 2 N–H and O–H groups in total. The van der Waals surface area contributed by atoms with Crippen molar-refractivity contribution in [2.75, 3.05) is 0 Å². The Balaban J connectivity index is 1.58. The molecule has 3 heteroatoms. The average Bonchev–Trinajstić information content (AvgIpc) is 2.47. The molecule has 2 aliphatic rings. The predicted octanol–water partition coefficient (Wildman–Crippen LogP) is 2.78. The number of fused-ring (bicyclic) bond motifs is 1. The van der Waals surface area contributed by atoms with E-state index in [-0.39, 0.29) is 5.92 Å². The maximum Gasteiger partial charge on any atom is 0.306 e. The molecule has 0 aromatic heterocycles. The van der Waals surface area contributed by atoms with Crippen LogP contribution in [0.15, 0.2) is 24.3 Å². The van der Waals surface area contributed by atoms with Gasteiger partial charge >= 0.3 is 5.97 Å². The second-order valence-corrected chi connectivity index (χ2v) is 6.27. The lowest BCUT2D eigenvalue weighted by Crippen LogP contribution is -2.44. The number of carbonyl (C=O) groups is 1. The number of carboxylic acid groups (broad SMARTS) is 1. The maximum absolute atomic E-state index is 11.1. The predicted molar refractivity (Wildman–Crippen MR) is 78.8 cm³/mol. The molecule has 0 heterocycles. The third-order valence-corrected chi connectivity index (χ3v) is 4.84. The Hall–Kier alpha value is -1.35. The second-order valence-electron chi connectivity index (χ2n) is 6.27. The lowest BCUT2D eigenvalue weighted by molar-refractivity contribution is -0.143. The van der Waals surface area contributed by atoms with Gasteiger partial charge in [-0.1, -0.05) is 30.7 Å². The van der Waals surface area contributed by atoms with Crippen LogP contribution in [0.5, 0.6) is 0 Å². The van der Waals surface area contributed by atoms with Crippen molar-refractivity contribution in [3.63, 3.8) is 0 Å². The van der Waals surface area contributed by atoms with Gasteiger partial charge in [-0.05, 0) is 49.7 Å². The fraction of sp³-hybridized carbons (Fsp3) is 0.588. The normalized spacial score (nSPS) is 29.7. The molecule has 3 unspecified atom stereocenters. The van der Waals surface area contributed by atoms with Gasteiger partial charge < -0.3 is 10.4 Å². The highest BCUT2D eigenvalue weighted by molar-refractivity contribution is 5.70. The summed E-state index contributed by atoms with van der Waals surface area (Å²) in [6.07, 6.45) is 7.22. The summed E-state index contributed by atoms with van der Waals surface area (Å²) < 4.78 is 0. The molecule has 1 aromatic carbocycles. The van der Waals surface area contributed by atoms with Gasteiger partial charge in [-0.25, -0.2) is 0 Å². The molecule has 1 fully saturated rings. The standard InChI is InChI=1S/C17H23NO2/c19-17(20)14-6-3-7-15(11-14)18-16-9-8-12-4-1-2-5-13(12)10-16/h1-2,4-5,14-16,18H,3,6-11H2,(H,19,20). The van der Waals surface area contributed by atoms with E-state index in [2.05, 4.69) is 29.6 Å². The van der Waals surface area contributed by atoms with Crippen molar-refractivity contribution in [2.24, 2.45) is 5.92 Å². The van der Waals surface area contributed by atoms with E-state index in [4.69, 9.17) is 5.11 Å². The van der Waals surface area contributed by atoms with Gasteiger partial charge in [0.2, 0.25) is 0 Å². The molecule has 0 amide bonds. The molecule has 0 spiro atoms. The molecule has 0 aliphatic heterocycles. The van der Waals surface area contributed by atoms with Crippen LogP contribution >= 0.6 is 0 Å². The highest BCUT2D eigenvalue weighted by Gasteiger charge is 2.29. The molecule has 1 saturated carbocycles. The van der Waals surface area contributed by atoms with Crippen LogP contribution in [-0.4, -0.2) is 23.2 Å². The zero-order valence-corrected chi connectivity index (χ0v) is 11.8. The zero-order valence-electron chi connectivity index (χ0n) is 11.8. The van der Waals surface area contributed by atoms with Crippen molar-refractivity contribution in [3.8, 4) is 0 Å². The number of aryl methyl sites for hydroxylation is 1. The van der Waals surface area contributed by atoms with Gasteiger partial charge in [0, 0.05) is 12.1 Å². The second kappa shape index (κ2) is 5.96. The van der Waals surface area contributed by atoms with Crippen LogP contribution in [0.2, 0.25) is 0 Å². The Kier molecular flexibility index (Phi) is 4.06. The van der Waals surface area contributed by atoms with Gasteiger partial charge in [0.25, 0.3) is 0 Å². The van der Waals surface area contributed by atoms with Crippen LogP contribution in [0.1, 0.15) is 43.2 Å². The Labute approximate surface area is 120 Å². The van der Waals surface area contributed by atoms with E-state index in [1.807, 2.05) is 0 Å². The van der Waals surface area contributed by atoms with Crippen molar-refractivity contribution in [1.82, 2.24) is 5.32 Å². The molecule has 2 aliphatic carbocycles. The third-order valence-electron chi connectivity index (χ3n) is 4.84. The van der Waals surface area contributed by atoms with Crippen LogP contribution in [0.4, 0.5) is 0 Å². The van der Waals surface area contributed by atoms with E-state index in [1.54, 1.807) is 0 Å². The number of carboxylic acids is 1. The van der Waals surface area contributed by atoms with Gasteiger partial charge in [0.05, 0.1) is 5.92 Å². The first-order valence-electron chi connectivity index (χ1n) is 7.78. The van der Waals surface area contributed by atoms with Crippen molar-refractivity contribution in [3.05, 3.63) is 35.4 Å². The highest BCUT2D eigenvalue weighted by atomic mass is 16.4. The lowest BCUT2D eigenvalue weighted by atomic mass is 9.83. The van der Waals surface area contributed by atoms with Crippen molar-refractivity contribution in [1.29, 1.82) is 0 Å². The molecule has 20 heavy (non-hydrogen) atoms. The molecular weight excluding hydrogens is 250 g/mol. The van der Waals surface area contributed by atoms with Crippen LogP contribution in [0, 0.1) is 5.92 Å². The number of hydrogen-bond donors (Lipinski definition) is 2. The van der Waals surface area contributed by atoms with E-state index in [0.29, 0.717) is 12.1 Å². The molecule has 1 aromatic rings. The van der Waals surface area contributed by atoms with E-state index < -0.39 is 5.97 Å². The minimum atomic E-state index is -0.620. The van der Waals surface area contributed by atoms with Crippen LogP contribution in [0.25, 0.3) is 0 Å². The van der Waals surface area contributed by atoms with Crippen LogP contribution in [0.3, 0.4) is 0 Å². The average molecular weight is 273 g/mol. The van der Waals surface area contributed by atoms with Gasteiger partial charge in [-0.2, -0.15) is 0 Å². The van der Waals surface area contributed by atoms with E-state index >= 15 is 0 Å². The fourth-order valence-electron chi connectivity index (χ4n) is 3.74. The molecule has 0 bridgehead atoms. The van der Waals surface area contributed by atoms with Crippen molar-refractivity contribution in [2.45, 2.75) is 57.0 Å². The summed E-state index contributed by atoms with van der Waals surface area (Å²) in [5.41, 5.74) is 2.94. The Morgan fingerprint density at radius 3 is 2.70 bits per heavy atom. The number of nitrogens with one attached hydrogen (secondary N) is 1. The Morgan fingerprint density at radius 1 is 1.10 bits per heavy atom. The van der Waals surface area contributed by atoms with Gasteiger partial charge in [0.1, 0.15) is 0 Å². The first-order chi connectivity index (χ1) is 9.72. The molecule has 0 saturated heterocycles. The van der Waals surface area contributed by atoms with Gasteiger partial charge in [-0.3, -0.25) is 4.79 Å². The van der Waals surface area contributed by atoms with Crippen LogP contribution in [-0.2, 0) is 17.6 Å². The van der Waals surface area contributed by atoms with Crippen molar-refractivity contribution < 1.29 is 9.90 Å². The summed E-state index contributed by atoms with van der Waals surface area (Å²) in [6.45, 7) is 0. The van der Waals surface area contributed by atoms with Crippen molar-refractivity contribution >= 4 is 5.97 Å².